The number of amides is 2. The van der Waals surface area contributed by atoms with Crippen LogP contribution in [0.4, 0.5) is 16.3 Å². The molecule has 1 aromatic rings. The Hall–Kier alpha value is -2.31. The molecular weight excluding hydrogens is 320 g/mol. The number of pyridine rings is 1. The first kappa shape index (κ1) is 19.0. The van der Waals surface area contributed by atoms with Crippen molar-refractivity contribution in [1.29, 1.82) is 0 Å². The van der Waals surface area contributed by atoms with Gasteiger partial charge in [0.25, 0.3) is 0 Å². The lowest BCUT2D eigenvalue weighted by Gasteiger charge is -2.31. The van der Waals surface area contributed by atoms with E-state index in [0.717, 1.165) is 31.7 Å². The minimum absolute atomic E-state index is 0.202. The molecule has 1 aromatic heterocycles. The molecule has 138 valence electrons. The van der Waals surface area contributed by atoms with E-state index in [1.165, 1.54) is 0 Å². The smallest absolute Gasteiger partial charge is 0.321 e. The normalized spacial score (nSPS) is 17.1. The summed E-state index contributed by atoms with van der Waals surface area (Å²) in [5.74, 6) is 0.441. The van der Waals surface area contributed by atoms with Gasteiger partial charge in [0.05, 0.1) is 24.4 Å². The van der Waals surface area contributed by atoms with Crippen LogP contribution in [0.1, 0.15) is 33.6 Å². The van der Waals surface area contributed by atoms with Gasteiger partial charge in [-0.15, -0.1) is 0 Å². The first-order valence-electron chi connectivity index (χ1n) is 9.02. The Morgan fingerprint density at radius 3 is 2.68 bits per heavy atom. The van der Waals surface area contributed by atoms with Crippen LogP contribution in [0.25, 0.3) is 0 Å². The zero-order chi connectivity index (χ0) is 18.2. The highest BCUT2D eigenvalue weighted by molar-refractivity contribution is 5.89. The Balaban J connectivity index is 1.93. The van der Waals surface area contributed by atoms with Gasteiger partial charge in [-0.25, -0.2) is 9.78 Å². The Bertz CT molecular complexity index is 572. The van der Waals surface area contributed by atoms with Crippen LogP contribution in [0.15, 0.2) is 18.3 Å². The summed E-state index contributed by atoms with van der Waals surface area (Å²) in [6, 6.07) is 3.55. The monoisotopic (exact) mass is 348 g/mol. The third-order valence-corrected chi connectivity index (χ3v) is 4.42. The van der Waals surface area contributed by atoms with Crippen molar-refractivity contribution in [2.24, 2.45) is 5.92 Å². The molecule has 0 aliphatic carbocycles. The number of urea groups is 1. The van der Waals surface area contributed by atoms with Crippen molar-refractivity contribution in [3.63, 3.8) is 0 Å². The standard InChI is InChI=1S/C18H28N4O3/c1-4-21(5-2)16-10-9-15(12-19-16)20-18(24)22-11-7-8-14(13-22)17(23)25-6-3/h9-10,12,14H,4-8,11,13H2,1-3H3,(H,20,24)/t14-/m1/s1. The maximum absolute atomic E-state index is 12.4. The molecule has 1 saturated heterocycles. The van der Waals surface area contributed by atoms with E-state index >= 15 is 0 Å². The van der Waals surface area contributed by atoms with Crippen molar-refractivity contribution >= 4 is 23.5 Å². The maximum atomic E-state index is 12.4. The topological polar surface area (TPSA) is 74.8 Å². The second kappa shape index (κ2) is 9.25. The van der Waals surface area contributed by atoms with E-state index in [1.54, 1.807) is 18.0 Å². The molecule has 0 aromatic carbocycles. The molecule has 0 bridgehead atoms. The predicted molar refractivity (Wildman–Crippen MR) is 97.7 cm³/mol. The SMILES string of the molecule is CCOC(=O)[C@@H]1CCCN(C(=O)Nc2ccc(N(CC)CC)nc2)C1. The number of nitrogens with zero attached hydrogens (tertiary/aromatic N) is 3. The van der Waals surface area contributed by atoms with Gasteiger partial charge < -0.3 is 19.9 Å². The molecule has 25 heavy (non-hydrogen) atoms. The predicted octanol–water partition coefficient (Wildman–Crippen LogP) is 2.73. The number of hydrogen-bond donors (Lipinski definition) is 1. The van der Waals surface area contributed by atoms with Gasteiger partial charge >= 0.3 is 12.0 Å². The molecule has 1 atom stereocenters. The molecule has 1 N–H and O–H groups in total. The van der Waals surface area contributed by atoms with E-state index in [2.05, 4.69) is 29.0 Å². The largest absolute Gasteiger partial charge is 0.466 e. The van der Waals surface area contributed by atoms with Gasteiger partial charge in [-0.2, -0.15) is 0 Å². The van der Waals surface area contributed by atoms with Crippen LogP contribution < -0.4 is 10.2 Å². The van der Waals surface area contributed by atoms with E-state index in [-0.39, 0.29) is 17.9 Å². The fourth-order valence-electron chi connectivity index (χ4n) is 3.01. The molecule has 1 fully saturated rings. The Morgan fingerprint density at radius 1 is 1.32 bits per heavy atom. The molecule has 1 aliphatic rings. The number of piperidine rings is 1. The summed E-state index contributed by atoms with van der Waals surface area (Å²) in [5.41, 5.74) is 0.652. The van der Waals surface area contributed by atoms with Crippen molar-refractivity contribution in [3.8, 4) is 0 Å². The van der Waals surface area contributed by atoms with Crippen molar-refractivity contribution in [3.05, 3.63) is 18.3 Å². The average molecular weight is 348 g/mol. The lowest BCUT2D eigenvalue weighted by Crippen LogP contribution is -2.44. The van der Waals surface area contributed by atoms with E-state index in [0.29, 0.717) is 25.4 Å². The van der Waals surface area contributed by atoms with Gasteiger partial charge in [-0.05, 0) is 45.7 Å². The van der Waals surface area contributed by atoms with E-state index in [1.807, 2.05) is 12.1 Å². The lowest BCUT2D eigenvalue weighted by molar-refractivity contribution is -0.149. The Kier molecular flexibility index (Phi) is 7.03. The lowest BCUT2D eigenvalue weighted by atomic mass is 9.98. The van der Waals surface area contributed by atoms with Crippen LogP contribution in [-0.4, -0.2) is 54.7 Å². The summed E-state index contributed by atoms with van der Waals surface area (Å²) < 4.78 is 5.07. The number of likely N-dealkylation sites (tertiary alicyclic amines) is 1. The molecule has 0 unspecified atom stereocenters. The highest BCUT2D eigenvalue weighted by atomic mass is 16.5. The summed E-state index contributed by atoms with van der Waals surface area (Å²) in [6.45, 7) is 9.14. The van der Waals surface area contributed by atoms with Gasteiger partial charge in [0, 0.05) is 26.2 Å². The first-order chi connectivity index (χ1) is 12.1. The Morgan fingerprint density at radius 2 is 2.08 bits per heavy atom. The highest BCUT2D eigenvalue weighted by Gasteiger charge is 2.29. The quantitative estimate of drug-likeness (QED) is 0.800. The van der Waals surface area contributed by atoms with Crippen molar-refractivity contribution in [2.45, 2.75) is 33.6 Å². The molecule has 0 radical (unpaired) electrons. The second-order valence-electron chi connectivity index (χ2n) is 6.04. The van der Waals surface area contributed by atoms with Crippen molar-refractivity contribution in [1.82, 2.24) is 9.88 Å². The number of anilines is 2. The van der Waals surface area contributed by atoms with Gasteiger partial charge in [-0.1, -0.05) is 0 Å². The summed E-state index contributed by atoms with van der Waals surface area (Å²) in [6.07, 6.45) is 3.23. The molecule has 2 heterocycles. The van der Waals surface area contributed by atoms with E-state index < -0.39 is 0 Å². The number of carbonyl (C=O) groups is 2. The number of nitrogens with one attached hydrogen (secondary N) is 1. The molecule has 7 heteroatoms. The third kappa shape index (κ3) is 5.08. The molecule has 0 saturated carbocycles. The number of ether oxygens (including phenoxy) is 1. The summed E-state index contributed by atoms with van der Waals surface area (Å²) in [4.78, 5) is 32.6. The zero-order valence-corrected chi connectivity index (χ0v) is 15.3. The van der Waals surface area contributed by atoms with Crippen LogP contribution >= 0.6 is 0 Å². The van der Waals surface area contributed by atoms with Gasteiger partial charge in [-0.3, -0.25) is 4.79 Å². The third-order valence-electron chi connectivity index (χ3n) is 4.42. The fraction of sp³-hybridized carbons (Fsp3) is 0.611. The van der Waals surface area contributed by atoms with Crippen molar-refractivity contribution in [2.75, 3.05) is 43.0 Å². The fourth-order valence-corrected chi connectivity index (χ4v) is 3.01. The van der Waals surface area contributed by atoms with E-state index in [4.69, 9.17) is 4.74 Å². The first-order valence-corrected chi connectivity index (χ1v) is 9.02. The Labute approximate surface area is 149 Å². The zero-order valence-electron chi connectivity index (χ0n) is 15.3. The maximum Gasteiger partial charge on any atom is 0.321 e. The number of rotatable bonds is 6. The molecule has 7 nitrogen and oxygen atoms in total. The van der Waals surface area contributed by atoms with Crippen LogP contribution in [0.5, 0.6) is 0 Å². The van der Waals surface area contributed by atoms with Crippen LogP contribution in [0.2, 0.25) is 0 Å². The number of esters is 1. The number of hydrogen-bond acceptors (Lipinski definition) is 5. The summed E-state index contributed by atoms with van der Waals surface area (Å²) >= 11 is 0. The summed E-state index contributed by atoms with van der Waals surface area (Å²) in [7, 11) is 0. The second-order valence-corrected chi connectivity index (χ2v) is 6.04. The van der Waals surface area contributed by atoms with Gasteiger partial charge in [0.1, 0.15) is 5.82 Å². The van der Waals surface area contributed by atoms with Crippen LogP contribution in [-0.2, 0) is 9.53 Å². The van der Waals surface area contributed by atoms with Crippen molar-refractivity contribution < 1.29 is 14.3 Å². The molecule has 0 spiro atoms. The molecule has 1 aliphatic heterocycles. The highest BCUT2D eigenvalue weighted by Crippen LogP contribution is 2.20. The minimum Gasteiger partial charge on any atom is -0.466 e. The number of carbonyl (C=O) groups excluding carboxylic acids is 2. The average Bonchev–Trinajstić information content (AvgIpc) is 2.64. The van der Waals surface area contributed by atoms with Gasteiger partial charge in [0.2, 0.25) is 0 Å². The molecule has 2 amide bonds. The van der Waals surface area contributed by atoms with E-state index in [9.17, 15) is 9.59 Å². The number of aromatic nitrogens is 1. The van der Waals surface area contributed by atoms with Crippen LogP contribution in [0, 0.1) is 5.92 Å². The van der Waals surface area contributed by atoms with Gasteiger partial charge in [0.15, 0.2) is 0 Å². The minimum atomic E-state index is -0.234. The van der Waals surface area contributed by atoms with Crippen LogP contribution in [0.3, 0.4) is 0 Å². The molecular formula is C18H28N4O3. The summed E-state index contributed by atoms with van der Waals surface area (Å²) in [5, 5.41) is 2.86. The molecule has 2 rings (SSSR count).